The van der Waals surface area contributed by atoms with Gasteiger partial charge in [0, 0.05) is 13.2 Å². The molecule has 0 heterocycles. The molecule has 0 aromatic heterocycles. The van der Waals surface area contributed by atoms with E-state index in [9.17, 15) is 0 Å². The molecule has 0 aliphatic heterocycles. The second kappa shape index (κ2) is 6.66. The molecule has 0 rings (SSSR count). The summed E-state index contributed by atoms with van der Waals surface area (Å²) in [5.41, 5.74) is 0. The highest BCUT2D eigenvalue weighted by Crippen LogP contribution is 1.66. The fraction of sp³-hybridized carbons (Fsp3) is 0.667. The van der Waals surface area contributed by atoms with Crippen molar-refractivity contribution >= 4 is 0 Å². The molecule has 0 saturated carbocycles. The summed E-state index contributed by atoms with van der Waals surface area (Å²) < 4.78 is 4.98. The average Bonchev–Trinajstić information content (AvgIpc) is 1.81. The minimum atomic E-state index is 0.628. The quantitative estimate of drug-likeness (QED) is 0.324. The van der Waals surface area contributed by atoms with Crippen molar-refractivity contribution in [1.29, 1.82) is 0 Å². The Morgan fingerprint density at radius 2 is 2.50 bits per heavy atom. The predicted octanol–water partition coefficient (Wildman–Crippen LogP) is 0.756. The molecular weight excluding hydrogens is 102 g/mol. The Morgan fingerprint density at radius 1 is 1.75 bits per heavy atom. The third-order valence-corrected chi connectivity index (χ3v) is 0.697. The van der Waals surface area contributed by atoms with Gasteiger partial charge in [-0.3, -0.25) is 5.32 Å². The lowest BCUT2D eigenvalue weighted by atomic mass is 10.6. The highest BCUT2D eigenvalue weighted by Gasteiger charge is 1.76. The van der Waals surface area contributed by atoms with Gasteiger partial charge in [0.2, 0.25) is 0 Å². The summed E-state index contributed by atoms with van der Waals surface area (Å²) in [4.78, 5) is 0. The summed E-state index contributed by atoms with van der Waals surface area (Å²) in [5.74, 6) is 0. The van der Waals surface area contributed by atoms with Crippen LogP contribution in [0.3, 0.4) is 0 Å². The van der Waals surface area contributed by atoms with Gasteiger partial charge in [-0.1, -0.05) is 6.08 Å². The first-order valence-electron chi connectivity index (χ1n) is 2.81. The van der Waals surface area contributed by atoms with Gasteiger partial charge in [-0.15, -0.1) is 6.58 Å². The van der Waals surface area contributed by atoms with Gasteiger partial charge in [0.25, 0.3) is 0 Å². The fourth-order valence-electron chi connectivity index (χ4n) is 0.335. The summed E-state index contributed by atoms with van der Waals surface area (Å²) in [7, 11) is 0. The van der Waals surface area contributed by atoms with E-state index in [0.29, 0.717) is 6.73 Å². The zero-order chi connectivity index (χ0) is 6.24. The van der Waals surface area contributed by atoms with Gasteiger partial charge < -0.3 is 4.74 Å². The topological polar surface area (TPSA) is 21.3 Å². The van der Waals surface area contributed by atoms with E-state index in [1.54, 1.807) is 6.08 Å². The molecule has 48 valence electrons. The van der Waals surface area contributed by atoms with E-state index in [0.717, 1.165) is 13.2 Å². The normalized spacial score (nSPS) is 9.12. The second-order valence-electron chi connectivity index (χ2n) is 1.38. The maximum absolute atomic E-state index is 4.98. The molecule has 0 spiro atoms. The Bertz CT molecular complexity index is 54.5. The van der Waals surface area contributed by atoms with Crippen LogP contribution in [0.15, 0.2) is 12.7 Å². The highest BCUT2D eigenvalue weighted by atomic mass is 16.5. The SMILES string of the molecule is C=CCNCOCC. The zero-order valence-electron chi connectivity index (χ0n) is 5.31. The lowest BCUT2D eigenvalue weighted by Crippen LogP contribution is -2.17. The Balaban J connectivity index is 2.62. The van der Waals surface area contributed by atoms with Crippen LogP contribution in [0.25, 0.3) is 0 Å². The van der Waals surface area contributed by atoms with Gasteiger partial charge in [-0.25, -0.2) is 0 Å². The summed E-state index contributed by atoms with van der Waals surface area (Å²) >= 11 is 0. The molecule has 0 fully saturated rings. The van der Waals surface area contributed by atoms with E-state index >= 15 is 0 Å². The van der Waals surface area contributed by atoms with Crippen molar-refractivity contribution in [2.45, 2.75) is 6.92 Å². The van der Waals surface area contributed by atoms with Crippen molar-refractivity contribution in [3.8, 4) is 0 Å². The summed E-state index contributed by atoms with van der Waals surface area (Å²) in [6, 6.07) is 0. The van der Waals surface area contributed by atoms with E-state index in [2.05, 4.69) is 11.9 Å². The van der Waals surface area contributed by atoms with E-state index in [-0.39, 0.29) is 0 Å². The van der Waals surface area contributed by atoms with Crippen LogP contribution < -0.4 is 5.32 Å². The minimum Gasteiger partial charge on any atom is -0.367 e. The number of hydrogen-bond donors (Lipinski definition) is 1. The molecule has 8 heavy (non-hydrogen) atoms. The molecule has 0 bridgehead atoms. The van der Waals surface area contributed by atoms with Gasteiger partial charge in [0.05, 0.1) is 6.73 Å². The summed E-state index contributed by atoms with van der Waals surface area (Å²) in [6.45, 7) is 7.72. The molecule has 0 aromatic carbocycles. The molecule has 0 saturated heterocycles. The first kappa shape index (κ1) is 7.66. The van der Waals surface area contributed by atoms with Crippen LogP contribution in [0, 0.1) is 0 Å². The van der Waals surface area contributed by atoms with Crippen LogP contribution in [0.4, 0.5) is 0 Å². The van der Waals surface area contributed by atoms with E-state index in [1.165, 1.54) is 0 Å². The molecule has 0 atom stereocenters. The lowest BCUT2D eigenvalue weighted by molar-refractivity contribution is 0.131. The van der Waals surface area contributed by atoms with Crippen LogP contribution in [0.2, 0.25) is 0 Å². The van der Waals surface area contributed by atoms with Crippen molar-refractivity contribution in [2.75, 3.05) is 19.9 Å². The van der Waals surface area contributed by atoms with Crippen molar-refractivity contribution in [3.63, 3.8) is 0 Å². The molecule has 0 amide bonds. The first-order chi connectivity index (χ1) is 3.91. The standard InChI is InChI=1S/C6H13NO/c1-3-5-7-6-8-4-2/h3,7H,1,4-6H2,2H3. The van der Waals surface area contributed by atoms with Crippen LogP contribution >= 0.6 is 0 Å². The van der Waals surface area contributed by atoms with Crippen LogP contribution in [0.1, 0.15) is 6.92 Å². The number of hydrogen-bond acceptors (Lipinski definition) is 2. The second-order valence-corrected chi connectivity index (χ2v) is 1.38. The number of rotatable bonds is 5. The van der Waals surface area contributed by atoms with Gasteiger partial charge in [0.15, 0.2) is 0 Å². The molecule has 2 heteroatoms. The van der Waals surface area contributed by atoms with Crippen molar-refractivity contribution in [3.05, 3.63) is 12.7 Å². The third-order valence-electron chi connectivity index (χ3n) is 0.697. The minimum absolute atomic E-state index is 0.628. The smallest absolute Gasteiger partial charge is 0.0967 e. The zero-order valence-corrected chi connectivity index (χ0v) is 5.31. The molecule has 0 unspecified atom stereocenters. The Labute approximate surface area is 50.5 Å². The van der Waals surface area contributed by atoms with Gasteiger partial charge in [0.1, 0.15) is 0 Å². The van der Waals surface area contributed by atoms with Crippen molar-refractivity contribution in [1.82, 2.24) is 5.32 Å². The molecule has 0 aliphatic carbocycles. The van der Waals surface area contributed by atoms with Crippen LogP contribution in [-0.4, -0.2) is 19.9 Å². The molecule has 2 nitrogen and oxygen atoms in total. The first-order valence-corrected chi connectivity index (χ1v) is 2.81. The maximum Gasteiger partial charge on any atom is 0.0967 e. The van der Waals surface area contributed by atoms with Crippen molar-refractivity contribution < 1.29 is 4.74 Å². The molecular formula is C6H13NO. The molecule has 1 N–H and O–H groups in total. The number of nitrogens with one attached hydrogen (secondary N) is 1. The van der Waals surface area contributed by atoms with E-state index < -0.39 is 0 Å². The largest absolute Gasteiger partial charge is 0.367 e. The lowest BCUT2D eigenvalue weighted by Gasteiger charge is -1.98. The summed E-state index contributed by atoms with van der Waals surface area (Å²) in [5, 5.41) is 3.00. The van der Waals surface area contributed by atoms with Gasteiger partial charge in [-0.2, -0.15) is 0 Å². The van der Waals surface area contributed by atoms with Gasteiger partial charge in [-0.05, 0) is 6.92 Å². The van der Waals surface area contributed by atoms with E-state index in [1.807, 2.05) is 6.92 Å². The summed E-state index contributed by atoms with van der Waals surface area (Å²) in [6.07, 6.45) is 1.80. The Kier molecular flexibility index (Phi) is 6.38. The monoisotopic (exact) mass is 115 g/mol. The van der Waals surface area contributed by atoms with Crippen LogP contribution in [-0.2, 0) is 4.74 Å². The average molecular weight is 115 g/mol. The highest BCUT2D eigenvalue weighted by molar-refractivity contribution is 4.67. The van der Waals surface area contributed by atoms with Gasteiger partial charge >= 0.3 is 0 Å². The molecule has 0 radical (unpaired) electrons. The number of ether oxygens (including phenoxy) is 1. The molecule has 0 aromatic rings. The molecule has 0 aliphatic rings. The maximum atomic E-state index is 4.98. The predicted molar refractivity (Wildman–Crippen MR) is 34.7 cm³/mol. The Hall–Kier alpha value is -0.340. The Morgan fingerprint density at radius 3 is 3.00 bits per heavy atom. The third kappa shape index (κ3) is 5.66. The van der Waals surface area contributed by atoms with Crippen LogP contribution in [0.5, 0.6) is 0 Å². The van der Waals surface area contributed by atoms with Crippen molar-refractivity contribution in [2.24, 2.45) is 0 Å². The fourth-order valence-corrected chi connectivity index (χ4v) is 0.335. The van der Waals surface area contributed by atoms with E-state index in [4.69, 9.17) is 4.74 Å².